The Kier molecular flexibility index (Phi) is 11.2. The summed E-state index contributed by atoms with van der Waals surface area (Å²) in [4.78, 5) is 99.5. The van der Waals surface area contributed by atoms with Crippen molar-refractivity contribution in [2.45, 2.75) is 0 Å². The van der Waals surface area contributed by atoms with Gasteiger partial charge >= 0.3 is 47.8 Å². The zero-order valence-electron chi connectivity index (χ0n) is 30.9. The van der Waals surface area contributed by atoms with Crippen LogP contribution >= 0.6 is 0 Å². The lowest BCUT2D eigenvalue weighted by atomic mass is 9.90. The Balaban J connectivity index is 1.95. The summed E-state index contributed by atoms with van der Waals surface area (Å²) in [6, 6.07) is 26.1. The number of hydrogen-bond donors (Lipinski definition) is 8. The number of benzene rings is 6. The van der Waals surface area contributed by atoms with Crippen LogP contribution in [0.2, 0.25) is 0 Å². The minimum atomic E-state index is -4.49. The molecule has 0 spiro atoms. The van der Waals surface area contributed by atoms with E-state index in [4.69, 9.17) is 0 Å². The van der Waals surface area contributed by atoms with Crippen LogP contribution in [-0.2, 0) is 0 Å². The van der Waals surface area contributed by atoms with Gasteiger partial charge in [0.1, 0.15) is 0 Å². The van der Waals surface area contributed by atoms with E-state index in [1.54, 1.807) is 30.3 Å². The summed E-state index contributed by atoms with van der Waals surface area (Å²) in [6.07, 6.45) is 0. The molecule has 8 N–H and O–H groups in total. The van der Waals surface area contributed by atoms with Gasteiger partial charge in [-0.05, 0) is 91.5 Å². The number of carboxylic acids is 8. The van der Waals surface area contributed by atoms with Crippen molar-refractivity contribution in [1.29, 1.82) is 0 Å². The number of hydrogen-bond acceptors (Lipinski definition) is 8. The quantitative estimate of drug-likeness (QED) is 0.0568. The fraction of sp³-hybridized carbons (Fsp3) is 0. The maximum absolute atomic E-state index is 12.8. The SMILES string of the molecule is O=C(O)c1ccc(-c2cccc([Si](c3ccccc3)(c3ccc(C(=O)O)c(C(=O)O)c3)c3ccc(C(=O)O)c(C(=O)O)c3)c2-c2ccc(C(=O)O)c(C(=O)O)c2)cc1C(=O)O. The van der Waals surface area contributed by atoms with Crippen LogP contribution in [-0.4, -0.2) is 96.7 Å². The zero-order chi connectivity index (χ0) is 44.5. The highest BCUT2D eigenvalue weighted by atomic mass is 28.3. The van der Waals surface area contributed by atoms with Crippen molar-refractivity contribution >= 4 is 76.6 Å². The summed E-state index contributed by atoms with van der Waals surface area (Å²) >= 11 is 0. The number of aromatic carboxylic acids is 8. The van der Waals surface area contributed by atoms with E-state index in [0.29, 0.717) is 5.19 Å². The van der Waals surface area contributed by atoms with Crippen molar-refractivity contribution < 1.29 is 79.2 Å². The van der Waals surface area contributed by atoms with E-state index in [0.717, 1.165) is 48.5 Å². The molecule has 6 rings (SSSR count). The molecule has 0 aliphatic rings. The lowest BCUT2D eigenvalue weighted by molar-refractivity contribution is 0.0651. The highest BCUT2D eigenvalue weighted by Crippen LogP contribution is 2.35. The Hall–Kier alpha value is -8.70. The first-order chi connectivity index (χ1) is 28.9. The molecule has 0 radical (unpaired) electrons. The maximum atomic E-state index is 12.8. The highest BCUT2D eigenvalue weighted by molar-refractivity contribution is 7.20. The maximum Gasteiger partial charge on any atom is 0.336 e. The molecule has 0 unspecified atom stereocenters. The molecule has 16 nitrogen and oxygen atoms in total. The molecular weight excluding hydrogens is 813 g/mol. The summed E-state index contributed by atoms with van der Waals surface area (Å²) in [5.41, 5.74) is -4.97. The fourth-order valence-corrected chi connectivity index (χ4v) is 12.5. The molecule has 0 bridgehead atoms. The molecule has 6 aromatic carbocycles. The van der Waals surface area contributed by atoms with E-state index in [2.05, 4.69) is 0 Å². The molecule has 0 atom stereocenters. The van der Waals surface area contributed by atoms with E-state index in [9.17, 15) is 79.2 Å². The van der Waals surface area contributed by atoms with Crippen LogP contribution in [0.4, 0.5) is 0 Å². The molecule has 304 valence electrons. The normalized spacial score (nSPS) is 11.0. The highest BCUT2D eigenvalue weighted by Gasteiger charge is 2.45. The predicted octanol–water partition coefficient (Wildman–Crippen LogP) is 3.98. The summed E-state index contributed by atoms with van der Waals surface area (Å²) in [6.45, 7) is 0. The molecule has 0 saturated heterocycles. The second-order valence-electron chi connectivity index (χ2n) is 13.3. The van der Waals surface area contributed by atoms with Crippen LogP contribution in [0.1, 0.15) is 82.9 Å². The zero-order valence-corrected chi connectivity index (χ0v) is 31.9. The van der Waals surface area contributed by atoms with Gasteiger partial charge < -0.3 is 40.9 Å². The average molecular weight is 841 g/mol. The first-order valence-corrected chi connectivity index (χ1v) is 19.5. The van der Waals surface area contributed by atoms with Crippen LogP contribution in [0.5, 0.6) is 0 Å². The van der Waals surface area contributed by atoms with Crippen LogP contribution in [0.15, 0.2) is 121 Å². The number of carbonyl (C=O) groups is 8. The minimum Gasteiger partial charge on any atom is -0.478 e. The second kappa shape index (κ2) is 16.3. The lowest BCUT2D eigenvalue weighted by Gasteiger charge is -2.37. The first-order valence-electron chi connectivity index (χ1n) is 17.5. The Morgan fingerprint density at radius 2 is 0.672 bits per heavy atom. The molecule has 17 heteroatoms. The van der Waals surface area contributed by atoms with Crippen LogP contribution in [0.3, 0.4) is 0 Å². The van der Waals surface area contributed by atoms with Crippen LogP contribution in [0.25, 0.3) is 22.3 Å². The Bertz CT molecular complexity index is 2820. The van der Waals surface area contributed by atoms with Gasteiger partial charge in [0.15, 0.2) is 8.07 Å². The van der Waals surface area contributed by atoms with E-state index in [1.807, 2.05) is 0 Å². The second-order valence-corrected chi connectivity index (χ2v) is 17.1. The molecular formula is C44H28O16Si. The number of carboxylic acid groups (broad SMARTS) is 8. The van der Waals surface area contributed by atoms with Gasteiger partial charge in [-0.2, -0.15) is 0 Å². The third-order valence-electron chi connectivity index (χ3n) is 10.1. The monoisotopic (exact) mass is 840 g/mol. The van der Waals surface area contributed by atoms with Gasteiger partial charge in [0.2, 0.25) is 0 Å². The third-order valence-corrected chi connectivity index (χ3v) is 14.8. The molecule has 0 heterocycles. The summed E-state index contributed by atoms with van der Waals surface area (Å²) in [5.74, 6) is -13.0. The molecule has 0 aliphatic carbocycles. The van der Waals surface area contributed by atoms with Crippen LogP contribution < -0.4 is 20.7 Å². The van der Waals surface area contributed by atoms with Crippen molar-refractivity contribution in [3.63, 3.8) is 0 Å². The molecule has 0 aliphatic heterocycles. The largest absolute Gasteiger partial charge is 0.478 e. The van der Waals surface area contributed by atoms with Crippen molar-refractivity contribution in [3.8, 4) is 22.3 Å². The third kappa shape index (κ3) is 7.46. The van der Waals surface area contributed by atoms with E-state index >= 15 is 0 Å². The van der Waals surface area contributed by atoms with Crippen LogP contribution in [0, 0.1) is 0 Å². The molecule has 6 aromatic rings. The van der Waals surface area contributed by atoms with Gasteiger partial charge in [0.05, 0.1) is 44.5 Å². The lowest BCUT2D eigenvalue weighted by Crippen LogP contribution is -2.75. The van der Waals surface area contributed by atoms with Gasteiger partial charge in [-0.15, -0.1) is 0 Å². The average Bonchev–Trinajstić information content (AvgIpc) is 3.23. The Morgan fingerprint density at radius 3 is 1.08 bits per heavy atom. The van der Waals surface area contributed by atoms with Gasteiger partial charge in [0.25, 0.3) is 0 Å². The number of rotatable bonds is 14. The Morgan fingerprint density at radius 1 is 0.311 bits per heavy atom. The summed E-state index contributed by atoms with van der Waals surface area (Å²) < 4.78 is 0. The summed E-state index contributed by atoms with van der Waals surface area (Å²) in [5, 5.41) is 81.5. The fourth-order valence-electron chi connectivity index (χ4n) is 7.49. The van der Waals surface area contributed by atoms with E-state index in [-0.39, 0.29) is 37.8 Å². The van der Waals surface area contributed by atoms with Crippen molar-refractivity contribution in [2.75, 3.05) is 0 Å². The molecule has 61 heavy (non-hydrogen) atoms. The van der Waals surface area contributed by atoms with Crippen molar-refractivity contribution in [1.82, 2.24) is 0 Å². The van der Waals surface area contributed by atoms with Gasteiger partial charge in [-0.3, -0.25) is 0 Å². The van der Waals surface area contributed by atoms with Gasteiger partial charge in [-0.1, -0.05) is 72.8 Å². The van der Waals surface area contributed by atoms with Gasteiger partial charge in [0, 0.05) is 0 Å². The Labute approximate surface area is 343 Å². The summed E-state index contributed by atoms with van der Waals surface area (Å²) in [7, 11) is -4.49. The topological polar surface area (TPSA) is 298 Å². The van der Waals surface area contributed by atoms with E-state index in [1.165, 1.54) is 42.5 Å². The molecule has 0 fully saturated rings. The standard InChI is InChI=1S/C44H28O16Si/c45-37(46)27-13-9-21(17-31(27)41(53)54)26-7-4-8-35(36(26)22-10-14-28(38(47)48)32(18-22)42(55)56)61(23-5-2-1-3-6-23,24-11-15-29(39(49)50)33(19-24)43(57)58)25-12-16-30(40(51)52)34(20-25)44(59)60/h1-20H,(H,45,46)(H,47,48)(H,49,50)(H,51,52)(H,53,54)(H,55,56)(H,57,58)(H,59,60). The minimum absolute atomic E-state index is 0.0128. The van der Waals surface area contributed by atoms with E-state index < -0.39 is 100 Å². The molecule has 0 saturated carbocycles. The predicted molar refractivity (Wildman–Crippen MR) is 217 cm³/mol. The van der Waals surface area contributed by atoms with Crippen molar-refractivity contribution in [3.05, 3.63) is 166 Å². The molecule has 0 aromatic heterocycles. The first kappa shape index (κ1) is 41.9. The smallest absolute Gasteiger partial charge is 0.336 e. The van der Waals surface area contributed by atoms with Crippen molar-refractivity contribution in [2.24, 2.45) is 0 Å². The molecule has 0 amide bonds. The van der Waals surface area contributed by atoms with Gasteiger partial charge in [-0.25, -0.2) is 38.4 Å².